The van der Waals surface area contributed by atoms with E-state index < -0.39 is 18.0 Å². The Bertz CT molecular complexity index is 1370. The molecule has 9 nitrogen and oxygen atoms in total. The SMILES string of the molecule is N#CCCCOc1ccc(C(F)(F)Oc2ccc(C=CC(=O)OCCCOC(=O)c3cc(N)cc(N)c3)cc2)cc1. The van der Waals surface area contributed by atoms with Crippen molar-refractivity contribution in [1.29, 1.82) is 5.26 Å². The number of benzene rings is 3. The van der Waals surface area contributed by atoms with Crippen molar-refractivity contribution in [2.45, 2.75) is 25.4 Å². The number of anilines is 2. The van der Waals surface area contributed by atoms with Gasteiger partial charge in [0.15, 0.2) is 0 Å². The van der Waals surface area contributed by atoms with Gasteiger partial charge in [0.05, 0.1) is 37.0 Å². The van der Waals surface area contributed by atoms with Gasteiger partial charge in [0, 0.05) is 30.3 Å². The lowest BCUT2D eigenvalue weighted by atomic mass is 10.2. The van der Waals surface area contributed by atoms with Gasteiger partial charge in [-0.1, -0.05) is 12.1 Å². The number of hydrogen-bond acceptors (Lipinski definition) is 9. The Morgan fingerprint density at radius 1 is 0.854 bits per heavy atom. The first-order valence-corrected chi connectivity index (χ1v) is 12.6. The Labute approximate surface area is 235 Å². The number of nitriles is 1. The Hall–Kier alpha value is -5.11. The minimum absolute atomic E-state index is 0.0195. The summed E-state index contributed by atoms with van der Waals surface area (Å²) < 4.78 is 49.7. The van der Waals surface area contributed by atoms with Gasteiger partial charge < -0.3 is 30.4 Å². The Morgan fingerprint density at radius 3 is 2.15 bits per heavy atom. The average Bonchev–Trinajstić information content (AvgIpc) is 2.94. The molecule has 0 fully saturated rings. The molecule has 0 aliphatic carbocycles. The lowest BCUT2D eigenvalue weighted by Crippen LogP contribution is -2.21. The molecule has 3 aromatic carbocycles. The number of halogens is 2. The maximum absolute atomic E-state index is 14.6. The summed E-state index contributed by atoms with van der Waals surface area (Å²) in [7, 11) is 0. The Morgan fingerprint density at radius 2 is 1.49 bits per heavy atom. The Balaban J connectivity index is 1.39. The highest BCUT2D eigenvalue weighted by Crippen LogP contribution is 2.32. The van der Waals surface area contributed by atoms with Gasteiger partial charge in [-0.15, -0.1) is 0 Å². The first-order chi connectivity index (χ1) is 19.7. The second-order valence-electron chi connectivity index (χ2n) is 8.70. The summed E-state index contributed by atoms with van der Waals surface area (Å²) in [6.45, 7) is 0.362. The van der Waals surface area contributed by atoms with Crippen LogP contribution in [-0.2, 0) is 20.4 Å². The fraction of sp³-hybridized carbons (Fsp3) is 0.233. The maximum Gasteiger partial charge on any atom is 0.426 e. The number of hydrogen-bond donors (Lipinski definition) is 2. The minimum atomic E-state index is -3.59. The van der Waals surface area contributed by atoms with Crippen LogP contribution in [0.15, 0.2) is 72.8 Å². The zero-order valence-electron chi connectivity index (χ0n) is 22.1. The highest BCUT2D eigenvalue weighted by atomic mass is 19.3. The van der Waals surface area contributed by atoms with E-state index in [4.69, 9.17) is 35.7 Å². The van der Waals surface area contributed by atoms with Gasteiger partial charge in [-0.3, -0.25) is 0 Å². The number of carbonyl (C=O) groups excluding carboxylic acids is 2. The number of unbranched alkanes of at least 4 members (excludes halogenated alkanes) is 1. The zero-order chi connectivity index (χ0) is 29.7. The number of esters is 2. The largest absolute Gasteiger partial charge is 0.494 e. The first-order valence-electron chi connectivity index (χ1n) is 12.6. The predicted octanol–water partition coefficient (Wildman–Crippen LogP) is 5.47. The van der Waals surface area contributed by atoms with Gasteiger partial charge in [0.1, 0.15) is 11.5 Å². The minimum Gasteiger partial charge on any atom is -0.494 e. The maximum atomic E-state index is 14.6. The molecule has 0 amide bonds. The number of alkyl halides is 2. The fourth-order valence-electron chi connectivity index (χ4n) is 3.43. The van der Waals surface area contributed by atoms with Gasteiger partial charge in [-0.25, -0.2) is 9.59 Å². The normalized spacial score (nSPS) is 11.0. The van der Waals surface area contributed by atoms with E-state index in [1.54, 1.807) is 0 Å². The number of ether oxygens (including phenoxy) is 4. The van der Waals surface area contributed by atoms with Crippen LogP contribution in [0, 0.1) is 11.3 Å². The topological polar surface area (TPSA) is 147 Å². The van der Waals surface area contributed by atoms with E-state index in [0.717, 1.165) is 0 Å². The third-order valence-electron chi connectivity index (χ3n) is 5.41. The van der Waals surface area contributed by atoms with Crippen LogP contribution in [0.25, 0.3) is 6.08 Å². The molecule has 0 saturated heterocycles. The van der Waals surface area contributed by atoms with Crippen LogP contribution in [0.4, 0.5) is 20.2 Å². The summed E-state index contributed by atoms with van der Waals surface area (Å²) in [4.78, 5) is 24.0. The molecular weight excluding hydrogens is 536 g/mol. The number of nitrogens with two attached hydrogens (primary N) is 2. The van der Waals surface area contributed by atoms with Crippen LogP contribution in [-0.4, -0.2) is 31.8 Å². The van der Waals surface area contributed by atoms with Crippen molar-refractivity contribution in [2.24, 2.45) is 0 Å². The Kier molecular flexibility index (Phi) is 11.0. The fourth-order valence-corrected chi connectivity index (χ4v) is 3.43. The van der Waals surface area contributed by atoms with E-state index in [-0.39, 0.29) is 36.5 Å². The van der Waals surface area contributed by atoms with E-state index in [1.165, 1.54) is 78.9 Å². The van der Waals surface area contributed by atoms with Crippen LogP contribution in [0.5, 0.6) is 11.5 Å². The van der Waals surface area contributed by atoms with Crippen LogP contribution in [0.1, 0.15) is 40.7 Å². The molecule has 214 valence electrons. The molecule has 0 radical (unpaired) electrons. The molecule has 0 unspecified atom stereocenters. The van der Waals surface area contributed by atoms with E-state index in [0.29, 0.717) is 42.1 Å². The first kappa shape index (κ1) is 30.4. The zero-order valence-corrected chi connectivity index (χ0v) is 22.1. The van der Waals surface area contributed by atoms with Gasteiger partial charge in [-0.2, -0.15) is 14.0 Å². The number of rotatable bonds is 14. The molecular formula is C30H29F2N3O6. The second-order valence-corrected chi connectivity index (χ2v) is 8.70. The summed E-state index contributed by atoms with van der Waals surface area (Å²) in [6, 6.07) is 17.4. The van der Waals surface area contributed by atoms with Crippen molar-refractivity contribution in [3.8, 4) is 17.6 Å². The third kappa shape index (κ3) is 10.2. The summed E-state index contributed by atoms with van der Waals surface area (Å²) in [5.41, 5.74) is 12.4. The highest BCUT2D eigenvalue weighted by molar-refractivity contribution is 5.91. The smallest absolute Gasteiger partial charge is 0.426 e. The molecule has 0 saturated carbocycles. The molecule has 0 aliphatic heterocycles. The van der Waals surface area contributed by atoms with Crippen LogP contribution in [0.2, 0.25) is 0 Å². The molecule has 3 aromatic rings. The van der Waals surface area contributed by atoms with Crippen molar-refractivity contribution < 1.29 is 37.3 Å². The van der Waals surface area contributed by atoms with Crippen molar-refractivity contribution in [2.75, 3.05) is 31.3 Å². The lowest BCUT2D eigenvalue weighted by Gasteiger charge is -2.18. The lowest BCUT2D eigenvalue weighted by molar-refractivity contribution is -0.185. The number of nitrogen functional groups attached to an aromatic ring is 2. The molecule has 4 N–H and O–H groups in total. The molecule has 41 heavy (non-hydrogen) atoms. The molecule has 11 heteroatoms. The van der Waals surface area contributed by atoms with Crippen LogP contribution in [0.3, 0.4) is 0 Å². The highest BCUT2D eigenvalue weighted by Gasteiger charge is 2.34. The third-order valence-corrected chi connectivity index (χ3v) is 5.41. The van der Waals surface area contributed by atoms with Gasteiger partial charge in [0.25, 0.3) is 0 Å². The predicted molar refractivity (Wildman–Crippen MR) is 148 cm³/mol. The van der Waals surface area contributed by atoms with Crippen molar-refractivity contribution in [3.63, 3.8) is 0 Å². The van der Waals surface area contributed by atoms with Gasteiger partial charge in [0.2, 0.25) is 0 Å². The monoisotopic (exact) mass is 565 g/mol. The van der Waals surface area contributed by atoms with Crippen molar-refractivity contribution in [3.05, 3.63) is 89.5 Å². The molecule has 0 heterocycles. The number of carbonyl (C=O) groups is 2. The van der Waals surface area contributed by atoms with Crippen LogP contribution >= 0.6 is 0 Å². The molecule has 0 aliphatic rings. The summed E-state index contributed by atoms with van der Waals surface area (Å²) in [6.07, 6.45) is 0.246. The molecule has 0 bridgehead atoms. The molecule has 0 aromatic heterocycles. The van der Waals surface area contributed by atoms with Crippen LogP contribution < -0.4 is 20.9 Å². The van der Waals surface area contributed by atoms with Gasteiger partial charge >= 0.3 is 18.0 Å². The number of nitrogens with zero attached hydrogens (tertiary/aromatic N) is 1. The van der Waals surface area contributed by atoms with Crippen molar-refractivity contribution in [1.82, 2.24) is 0 Å². The molecule has 3 rings (SSSR count). The van der Waals surface area contributed by atoms with E-state index >= 15 is 0 Å². The van der Waals surface area contributed by atoms with Crippen molar-refractivity contribution >= 4 is 29.4 Å². The van der Waals surface area contributed by atoms with E-state index in [9.17, 15) is 18.4 Å². The summed E-state index contributed by atoms with van der Waals surface area (Å²) in [5, 5.41) is 8.53. The van der Waals surface area contributed by atoms with E-state index in [2.05, 4.69) is 0 Å². The van der Waals surface area contributed by atoms with Gasteiger partial charge in [-0.05, 0) is 72.7 Å². The quantitative estimate of drug-likeness (QED) is 0.112. The standard InChI is InChI=1S/C30H29F2N3O6/c31-30(32,23-7-11-26(12-8-23)38-15-2-1-14-33)41-27-9-4-21(5-10-27)6-13-28(36)39-16-3-17-40-29(37)22-18-24(34)20-25(35)19-22/h4-13,18-20H,1-3,15-17,34-35H2. The second kappa shape index (κ2) is 14.9. The molecule has 0 spiro atoms. The van der Waals surface area contributed by atoms with E-state index in [1.807, 2.05) is 6.07 Å². The summed E-state index contributed by atoms with van der Waals surface area (Å²) in [5.74, 6) is -0.862. The molecule has 0 atom stereocenters. The average molecular weight is 566 g/mol. The summed E-state index contributed by atoms with van der Waals surface area (Å²) >= 11 is 0.